The van der Waals surface area contributed by atoms with Gasteiger partial charge in [0.1, 0.15) is 12.6 Å². The lowest BCUT2D eigenvalue weighted by molar-refractivity contribution is -0.136. The van der Waals surface area contributed by atoms with Crippen LogP contribution in [0.25, 0.3) is 0 Å². The molecule has 0 spiro atoms. The smallest absolute Gasteiger partial charge is 0.247 e. The molecule has 3 rings (SSSR count). The van der Waals surface area contributed by atoms with E-state index in [0.29, 0.717) is 23.8 Å². The summed E-state index contributed by atoms with van der Waals surface area (Å²) in [7, 11) is 3.13. The highest BCUT2D eigenvalue weighted by atomic mass is 16.5. The first-order valence-corrected chi connectivity index (χ1v) is 9.71. The van der Waals surface area contributed by atoms with E-state index in [1.807, 2.05) is 12.1 Å². The van der Waals surface area contributed by atoms with Crippen LogP contribution in [-0.4, -0.2) is 52.2 Å². The molecule has 0 unspecified atom stereocenters. The van der Waals surface area contributed by atoms with Gasteiger partial charge in [-0.15, -0.1) is 0 Å². The average Bonchev–Trinajstić information content (AvgIpc) is 3.32. The first-order valence-electron chi connectivity index (χ1n) is 9.71. The lowest BCUT2D eigenvalue weighted by Crippen LogP contribution is -2.38. The number of amides is 2. The van der Waals surface area contributed by atoms with Gasteiger partial charge in [0.05, 0.1) is 13.7 Å². The van der Waals surface area contributed by atoms with Crippen molar-refractivity contribution >= 4 is 17.5 Å². The molecule has 0 aliphatic heterocycles. The number of carbonyl (C=O) groups is 2. The van der Waals surface area contributed by atoms with E-state index < -0.39 is 6.04 Å². The topological polar surface area (TPSA) is 98.6 Å². The predicted molar refractivity (Wildman–Crippen MR) is 115 cm³/mol. The fraction of sp³-hybridized carbons (Fsp3) is 0.273. The first-order chi connectivity index (χ1) is 15.0. The predicted octanol–water partition coefficient (Wildman–Crippen LogP) is 2.52. The summed E-state index contributed by atoms with van der Waals surface area (Å²) in [5, 5.41) is 6.86. The van der Waals surface area contributed by atoms with Gasteiger partial charge in [-0.25, -0.2) is 0 Å². The standard InChI is InChI=1S/C22H25N5O4/c1-16(27-12-4-9-24-27)22(29)26(2)14-21(28)25-18-5-6-19(30-3)20(13-18)31-15-17-7-10-23-11-8-17/h4-13,16H,14-15H2,1-3H3,(H,25,28)/t16-/m1/s1. The number of hydrogen-bond acceptors (Lipinski definition) is 6. The molecule has 2 aromatic heterocycles. The highest BCUT2D eigenvalue weighted by Crippen LogP contribution is 2.31. The number of ether oxygens (including phenoxy) is 2. The van der Waals surface area contributed by atoms with Gasteiger partial charge in [-0.3, -0.25) is 19.3 Å². The Morgan fingerprint density at radius 1 is 1.16 bits per heavy atom. The van der Waals surface area contributed by atoms with E-state index in [0.717, 1.165) is 5.56 Å². The van der Waals surface area contributed by atoms with Crippen molar-refractivity contribution < 1.29 is 19.1 Å². The number of nitrogens with zero attached hydrogens (tertiary/aromatic N) is 4. The molecule has 9 heteroatoms. The van der Waals surface area contributed by atoms with Gasteiger partial charge in [0.2, 0.25) is 11.8 Å². The number of rotatable bonds is 9. The Balaban J connectivity index is 1.60. The van der Waals surface area contributed by atoms with Gasteiger partial charge in [0.25, 0.3) is 0 Å². The van der Waals surface area contributed by atoms with Crippen LogP contribution in [0.2, 0.25) is 0 Å². The summed E-state index contributed by atoms with van der Waals surface area (Å²) in [6, 6.07) is 10.1. The van der Waals surface area contributed by atoms with E-state index in [1.54, 1.807) is 74.8 Å². The number of hydrogen-bond donors (Lipinski definition) is 1. The minimum absolute atomic E-state index is 0.0936. The van der Waals surface area contributed by atoms with Gasteiger partial charge < -0.3 is 19.7 Å². The molecular formula is C22H25N5O4. The van der Waals surface area contributed by atoms with Gasteiger partial charge >= 0.3 is 0 Å². The van der Waals surface area contributed by atoms with Crippen molar-refractivity contribution in [1.29, 1.82) is 0 Å². The number of nitrogens with one attached hydrogen (secondary N) is 1. The molecule has 0 fully saturated rings. The van der Waals surface area contributed by atoms with E-state index in [2.05, 4.69) is 15.4 Å². The van der Waals surface area contributed by atoms with Crippen molar-refractivity contribution in [3.05, 3.63) is 66.7 Å². The van der Waals surface area contributed by atoms with Crippen molar-refractivity contribution in [2.45, 2.75) is 19.6 Å². The molecule has 0 bridgehead atoms. The second kappa shape index (κ2) is 10.2. The first kappa shape index (κ1) is 21.8. The van der Waals surface area contributed by atoms with E-state index in [-0.39, 0.29) is 18.4 Å². The minimum atomic E-state index is -0.498. The van der Waals surface area contributed by atoms with Crippen LogP contribution in [0.15, 0.2) is 61.2 Å². The molecule has 0 saturated carbocycles. The number of likely N-dealkylation sites (N-methyl/N-ethyl adjacent to an activating group) is 1. The lowest BCUT2D eigenvalue weighted by Gasteiger charge is -2.21. The minimum Gasteiger partial charge on any atom is -0.493 e. The Bertz CT molecular complexity index is 1010. The summed E-state index contributed by atoms with van der Waals surface area (Å²) >= 11 is 0. The third-order valence-electron chi connectivity index (χ3n) is 4.63. The SMILES string of the molecule is COc1ccc(NC(=O)CN(C)C(=O)[C@@H](C)n2cccn2)cc1OCc1ccncc1. The zero-order valence-corrected chi connectivity index (χ0v) is 17.7. The van der Waals surface area contributed by atoms with Gasteiger partial charge in [-0.2, -0.15) is 5.10 Å². The number of benzene rings is 1. The van der Waals surface area contributed by atoms with E-state index in [4.69, 9.17) is 9.47 Å². The summed E-state index contributed by atoms with van der Waals surface area (Å²) in [5.74, 6) is 0.505. The molecule has 1 aromatic carbocycles. The molecule has 162 valence electrons. The molecule has 1 N–H and O–H groups in total. The molecule has 0 radical (unpaired) electrons. The van der Waals surface area contributed by atoms with E-state index >= 15 is 0 Å². The van der Waals surface area contributed by atoms with Crippen LogP contribution >= 0.6 is 0 Å². The Labute approximate surface area is 180 Å². The fourth-order valence-electron chi connectivity index (χ4n) is 2.94. The van der Waals surface area contributed by atoms with Crippen LogP contribution in [0.1, 0.15) is 18.5 Å². The largest absolute Gasteiger partial charge is 0.493 e. The summed E-state index contributed by atoms with van der Waals surface area (Å²) in [6.45, 7) is 1.97. The molecule has 2 heterocycles. The zero-order chi connectivity index (χ0) is 22.2. The molecular weight excluding hydrogens is 398 g/mol. The number of anilines is 1. The van der Waals surface area contributed by atoms with Crippen molar-refractivity contribution in [3.63, 3.8) is 0 Å². The Kier molecular flexibility index (Phi) is 7.21. The Morgan fingerprint density at radius 3 is 2.61 bits per heavy atom. The summed E-state index contributed by atoms with van der Waals surface area (Å²) in [4.78, 5) is 30.4. The lowest BCUT2D eigenvalue weighted by atomic mass is 10.2. The molecule has 0 aliphatic rings. The van der Waals surface area contributed by atoms with Gasteiger partial charge in [0, 0.05) is 43.6 Å². The van der Waals surface area contributed by atoms with Crippen molar-refractivity contribution in [3.8, 4) is 11.5 Å². The van der Waals surface area contributed by atoms with Crippen molar-refractivity contribution in [2.75, 3.05) is 26.0 Å². The Morgan fingerprint density at radius 2 is 1.94 bits per heavy atom. The number of aromatic nitrogens is 3. The molecule has 1 atom stereocenters. The third kappa shape index (κ3) is 5.81. The normalized spacial score (nSPS) is 11.5. The zero-order valence-electron chi connectivity index (χ0n) is 17.7. The quantitative estimate of drug-likeness (QED) is 0.568. The van der Waals surface area contributed by atoms with Crippen LogP contribution in [-0.2, 0) is 16.2 Å². The van der Waals surface area contributed by atoms with Crippen molar-refractivity contribution in [2.24, 2.45) is 0 Å². The van der Waals surface area contributed by atoms with Gasteiger partial charge in [0.15, 0.2) is 11.5 Å². The number of carbonyl (C=O) groups excluding carboxylic acids is 2. The van der Waals surface area contributed by atoms with Crippen molar-refractivity contribution in [1.82, 2.24) is 19.7 Å². The molecule has 31 heavy (non-hydrogen) atoms. The van der Waals surface area contributed by atoms with Crippen LogP contribution in [0.4, 0.5) is 5.69 Å². The van der Waals surface area contributed by atoms with E-state index in [1.165, 1.54) is 4.90 Å². The highest BCUT2D eigenvalue weighted by Gasteiger charge is 2.21. The molecule has 3 aromatic rings. The van der Waals surface area contributed by atoms with Crippen LogP contribution in [0.5, 0.6) is 11.5 Å². The summed E-state index contributed by atoms with van der Waals surface area (Å²) in [5.41, 5.74) is 1.49. The van der Waals surface area contributed by atoms with Crippen LogP contribution in [0.3, 0.4) is 0 Å². The maximum absolute atomic E-state index is 12.5. The Hall–Kier alpha value is -3.88. The van der Waals surface area contributed by atoms with Gasteiger partial charge in [-0.05, 0) is 42.8 Å². The van der Waals surface area contributed by atoms with Crippen LogP contribution in [0, 0.1) is 0 Å². The number of pyridine rings is 1. The molecule has 2 amide bonds. The second-order valence-electron chi connectivity index (χ2n) is 6.91. The van der Waals surface area contributed by atoms with Gasteiger partial charge in [-0.1, -0.05) is 0 Å². The molecule has 0 aliphatic carbocycles. The maximum Gasteiger partial charge on any atom is 0.247 e. The average molecular weight is 423 g/mol. The molecule has 9 nitrogen and oxygen atoms in total. The fourth-order valence-corrected chi connectivity index (χ4v) is 2.94. The van der Waals surface area contributed by atoms with E-state index in [9.17, 15) is 9.59 Å². The number of methoxy groups -OCH3 is 1. The summed E-state index contributed by atoms with van der Waals surface area (Å²) in [6.07, 6.45) is 6.70. The van der Waals surface area contributed by atoms with Crippen LogP contribution < -0.4 is 14.8 Å². The summed E-state index contributed by atoms with van der Waals surface area (Å²) < 4.78 is 12.7. The molecule has 0 saturated heterocycles. The highest BCUT2D eigenvalue weighted by molar-refractivity contribution is 5.95. The third-order valence-corrected chi connectivity index (χ3v) is 4.63. The second-order valence-corrected chi connectivity index (χ2v) is 6.91. The maximum atomic E-state index is 12.5. The monoisotopic (exact) mass is 423 g/mol.